The molecule has 1 aromatic carbocycles. The number of hydrogen-bond donors (Lipinski definition) is 0. The summed E-state index contributed by atoms with van der Waals surface area (Å²) in [5.41, 5.74) is -0.0553. The summed E-state index contributed by atoms with van der Waals surface area (Å²) >= 11 is 0. The van der Waals surface area contributed by atoms with Crippen molar-refractivity contribution < 1.29 is 13.9 Å². The van der Waals surface area contributed by atoms with Crippen molar-refractivity contribution in [3.63, 3.8) is 0 Å². The number of benzene rings is 1. The van der Waals surface area contributed by atoms with Crippen LogP contribution in [0.15, 0.2) is 30.5 Å². The summed E-state index contributed by atoms with van der Waals surface area (Å²) in [6, 6.07) is 6.18. The number of ether oxygens (including phenoxy) is 1. The van der Waals surface area contributed by atoms with Crippen molar-refractivity contribution in [2.45, 2.75) is 26.4 Å². The summed E-state index contributed by atoms with van der Waals surface area (Å²) < 4.78 is 20.0. The molecule has 0 atom stereocenters. The molecular weight excluding hydrogens is 221 g/mol. The molecule has 0 aliphatic heterocycles. The van der Waals surface area contributed by atoms with Gasteiger partial charge in [-0.1, -0.05) is 6.07 Å². The van der Waals surface area contributed by atoms with Crippen molar-refractivity contribution in [2.75, 3.05) is 0 Å². The first-order valence-electron chi connectivity index (χ1n) is 5.37. The molecule has 90 valence electrons. The SMILES string of the molecule is CC(C)(C)OC(=O)n1ccc2c(F)cccc21. The lowest BCUT2D eigenvalue weighted by atomic mass is 10.2. The molecule has 0 aliphatic rings. The van der Waals surface area contributed by atoms with Gasteiger partial charge in [-0.25, -0.2) is 9.18 Å². The van der Waals surface area contributed by atoms with E-state index in [0.29, 0.717) is 10.9 Å². The molecule has 0 spiro atoms. The number of halogens is 1. The number of hydrogen-bond acceptors (Lipinski definition) is 2. The van der Waals surface area contributed by atoms with Gasteiger partial charge >= 0.3 is 6.09 Å². The molecule has 0 saturated carbocycles. The Kier molecular flexibility index (Phi) is 2.65. The van der Waals surface area contributed by atoms with Crippen LogP contribution in [0.5, 0.6) is 0 Å². The van der Waals surface area contributed by atoms with Crippen LogP contribution in [0.1, 0.15) is 20.8 Å². The minimum Gasteiger partial charge on any atom is -0.443 e. The van der Waals surface area contributed by atoms with Crippen molar-refractivity contribution in [3.8, 4) is 0 Å². The molecule has 0 saturated heterocycles. The quantitative estimate of drug-likeness (QED) is 0.699. The normalized spacial score (nSPS) is 11.8. The summed E-state index contributed by atoms with van der Waals surface area (Å²) in [5, 5.41) is 0.415. The Morgan fingerprint density at radius 3 is 2.65 bits per heavy atom. The van der Waals surface area contributed by atoms with E-state index in [0.717, 1.165) is 0 Å². The molecule has 0 amide bonds. The van der Waals surface area contributed by atoms with Gasteiger partial charge in [0.05, 0.1) is 5.52 Å². The molecule has 0 fully saturated rings. The van der Waals surface area contributed by atoms with E-state index in [1.54, 1.807) is 39.0 Å². The third-order valence-electron chi connectivity index (χ3n) is 2.27. The average Bonchev–Trinajstić information content (AvgIpc) is 2.60. The number of rotatable bonds is 0. The first kappa shape index (κ1) is 11.6. The Labute approximate surface area is 98.8 Å². The van der Waals surface area contributed by atoms with Gasteiger partial charge in [-0.3, -0.25) is 4.57 Å². The summed E-state index contributed by atoms with van der Waals surface area (Å²) in [7, 11) is 0. The molecule has 17 heavy (non-hydrogen) atoms. The number of carbonyl (C=O) groups excluding carboxylic acids is 1. The predicted octanol–water partition coefficient (Wildman–Crippen LogP) is 3.56. The number of fused-ring (bicyclic) bond motifs is 1. The molecule has 3 nitrogen and oxygen atoms in total. The molecule has 4 heteroatoms. The highest BCUT2D eigenvalue weighted by molar-refractivity contribution is 5.89. The van der Waals surface area contributed by atoms with E-state index in [-0.39, 0.29) is 5.82 Å². The minimum atomic E-state index is -0.568. The topological polar surface area (TPSA) is 31.2 Å². The fraction of sp³-hybridized carbons (Fsp3) is 0.308. The van der Waals surface area contributed by atoms with E-state index in [1.165, 1.54) is 16.8 Å². The first-order chi connectivity index (χ1) is 7.88. The van der Waals surface area contributed by atoms with Crippen molar-refractivity contribution in [1.29, 1.82) is 0 Å². The maximum atomic E-state index is 13.4. The van der Waals surface area contributed by atoms with Crippen LogP contribution < -0.4 is 0 Å². The van der Waals surface area contributed by atoms with Crippen LogP contribution >= 0.6 is 0 Å². The molecular formula is C13H14FNO2. The molecule has 0 unspecified atom stereocenters. The van der Waals surface area contributed by atoms with Crippen LogP contribution in [0.25, 0.3) is 10.9 Å². The van der Waals surface area contributed by atoms with Crippen molar-refractivity contribution in [3.05, 3.63) is 36.3 Å². The Hall–Kier alpha value is -1.84. The Morgan fingerprint density at radius 2 is 2.00 bits per heavy atom. The maximum Gasteiger partial charge on any atom is 0.418 e. The summed E-state index contributed by atoms with van der Waals surface area (Å²) in [4.78, 5) is 11.9. The van der Waals surface area contributed by atoms with Gasteiger partial charge in [0.25, 0.3) is 0 Å². The molecule has 0 N–H and O–H groups in total. The van der Waals surface area contributed by atoms with Crippen LogP contribution in [-0.4, -0.2) is 16.3 Å². The Balaban J connectivity index is 2.43. The van der Waals surface area contributed by atoms with Gasteiger partial charge in [-0.2, -0.15) is 0 Å². The van der Waals surface area contributed by atoms with E-state index in [9.17, 15) is 9.18 Å². The van der Waals surface area contributed by atoms with E-state index < -0.39 is 11.7 Å². The fourth-order valence-corrected chi connectivity index (χ4v) is 1.60. The van der Waals surface area contributed by atoms with Crippen LogP contribution in [0.3, 0.4) is 0 Å². The number of nitrogens with zero attached hydrogens (tertiary/aromatic N) is 1. The standard InChI is InChI=1S/C13H14FNO2/c1-13(2,3)17-12(16)15-8-7-9-10(14)5-4-6-11(9)15/h4-8H,1-3H3. The van der Waals surface area contributed by atoms with Gasteiger partial charge in [-0.05, 0) is 39.0 Å². The van der Waals surface area contributed by atoms with Gasteiger partial charge in [0.15, 0.2) is 0 Å². The second kappa shape index (κ2) is 3.87. The van der Waals surface area contributed by atoms with Gasteiger partial charge in [0, 0.05) is 11.6 Å². The second-order valence-electron chi connectivity index (χ2n) is 4.84. The van der Waals surface area contributed by atoms with Crippen molar-refractivity contribution >= 4 is 17.0 Å². The van der Waals surface area contributed by atoms with Gasteiger partial charge in [0.1, 0.15) is 11.4 Å². The van der Waals surface area contributed by atoms with Crippen LogP contribution in [0.4, 0.5) is 9.18 Å². The molecule has 0 aliphatic carbocycles. The minimum absolute atomic E-state index is 0.343. The Morgan fingerprint density at radius 1 is 1.29 bits per heavy atom. The highest BCUT2D eigenvalue weighted by Gasteiger charge is 2.19. The molecule has 0 radical (unpaired) electrons. The van der Waals surface area contributed by atoms with Crippen LogP contribution in [0, 0.1) is 5.82 Å². The van der Waals surface area contributed by atoms with E-state index in [2.05, 4.69) is 0 Å². The van der Waals surface area contributed by atoms with Crippen LogP contribution in [0.2, 0.25) is 0 Å². The Bertz CT molecular complexity index is 566. The van der Waals surface area contributed by atoms with Gasteiger partial charge < -0.3 is 4.74 Å². The molecule has 1 aromatic heterocycles. The molecule has 2 rings (SSSR count). The first-order valence-corrected chi connectivity index (χ1v) is 5.37. The lowest BCUT2D eigenvalue weighted by molar-refractivity contribution is 0.0544. The zero-order chi connectivity index (χ0) is 12.6. The zero-order valence-electron chi connectivity index (χ0n) is 10.0. The van der Waals surface area contributed by atoms with Gasteiger partial charge in [0.2, 0.25) is 0 Å². The molecule has 0 bridgehead atoms. The smallest absolute Gasteiger partial charge is 0.418 e. The highest BCUT2D eigenvalue weighted by Crippen LogP contribution is 2.20. The highest BCUT2D eigenvalue weighted by atomic mass is 19.1. The fourth-order valence-electron chi connectivity index (χ4n) is 1.60. The molecule has 1 heterocycles. The average molecular weight is 235 g/mol. The lowest BCUT2D eigenvalue weighted by Crippen LogP contribution is -2.26. The monoisotopic (exact) mass is 235 g/mol. The van der Waals surface area contributed by atoms with Crippen LogP contribution in [-0.2, 0) is 4.74 Å². The molecule has 2 aromatic rings. The summed E-state index contributed by atoms with van der Waals surface area (Å²) in [6.45, 7) is 5.37. The second-order valence-corrected chi connectivity index (χ2v) is 4.84. The number of carbonyl (C=O) groups is 1. The maximum absolute atomic E-state index is 13.4. The predicted molar refractivity (Wildman–Crippen MR) is 63.5 cm³/mol. The van der Waals surface area contributed by atoms with Gasteiger partial charge in [-0.15, -0.1) is 0 Å². The third-order valence-corrected chi connectivity index (χ3v) is 2.27. The summed E-state index contributed by atoms with van der Waals surface area (Å²) in [5.74, 6) is -0.343. The largest absolute Gasteiger partial charge is 0.443 e. The lowest BCUT2D eigenvalue weighted by Gasteiger charge is -2.19. The zero-order valence-corrected chi connectivity index (χ0v) is 10.0. The van der Waals surface area contributed by atoms with E-state index >= 15 is 0 Å². The van der Waals surface area contributed by atoms with E-state index in [4.69, 9.17) is 4.74 Å². The third kappa shape index (κ3) is 2.30. The summed E-state index contributed by atoms with van der Waals surface area (Å²) in [6.07, 6.45) is 1.01. The van der Waals surface area contributed by atoms with E-state index in [1.807, 2.05) is 0 Å². The van der Waals surface area contributed by atoms with Crippen molar-refractivity contribution in [1.82, 2.24) is 4.57 Å². The number of aromatic nitrogens is 1. The van der Waals surface area contributed by atoms with Crippen molar-refractivity contribution in [2.24, 2.45) is 0 Å².